The summed E-state index contributed by atoms with van der Waals surface area (Å²) in [6, 6.07) is 8.70. The first-order chi connectivity index (χ1) is 19.1. The Hall–Kier alpha value is -4.25. The summed E-state index contributed by atoms with van der Waals surface area (Å²) >= 11 is 0. The molecule has 2 aromatic heterocycles. The maximum atomic E-state index is 12.8. The normalized spacial score (nSPS) is 18.4. The van der Waals surface area contributed by atoms with Gasteiger partial charge in [0.05, 0.1) is 36.5 Å². The lowest BCUT2D eigenvalue weighted by Gasteiger charge is -2.23. The molecule has 1 aliphatic carbocycles. The van der Waals surface area contributed by atoms with E-state index >= 15 is 0 Å². The third-order valence-corrected chi connectivity index (χ3v) is 6.40. The number of ether oxygens (including phenoxy) is 1. The first-order valence-electron chi connectivity index (χ1n) is 13.5. The monoisotopic (exact) mass is 506 g/mol. The van der Waals surface area contributed by atoms with E-state index in [0.29, 0.717) is 30.9 Å². The lowest BCUT2D eigenvalue weighted by Crippen LogP contribution is -2.22. The van der Waals surface area contributed by atoms with Crippen molar-refractivity contribution in [3.05, 3.63) is 48.4 Å². The summed E-state index contributed by atoms with van der Waals surface area (Å²) in [7, 11) is 1.51. The summed E-state index contributed by atoms with van der Waals surface area (Å²) < 4.78 is 28.1. The average molecular weight is 507 g/mol. The number of amides is 2. The first-order valence-corrected chi connectivity index (χ1v) is 12.0. The third-order valence-electron chi connectivity index (χ3n) is 6.40. The molecule has 2 amide bonds. The van der Waals surface area contributed by atoms with Crippen LogP contribution in [0.2, 0.25) is 0 Å². The highest BCUT2D eigenvalue weighted by Gasteiger charge is 2.30. The van der Waals surface area contributed by atoms with Crippen molar-refractivity contribution in [1.29, 1.82) is 0 Å². The highest BCUT2D eigenvalue weighted by atomic mass is 16.5. The van der Waals surface area contributed by atoms with Gasteiger partial charge in [-0.05, 0) is 31.4 Å². The van der Waals surface area contributed by atoms with Crippen LogP contribution in [0.3, 0.4) is 0 Å². The summed E-state index contributed by atoms with van der Waals surface area (Å²) in [5.74, 6) is -0.688. The fraction of sp³-hybridized carbons (Fsp3) is 0.346. The minimum atomic E-state index is -2.74. The van der Waals surface area contributed by atoms with Gasteiger partial charge in [-0.2, -0.15) is 0 Å². The number of hydrogen-bond acceptors (Lipinski definition) is 9. The van der Waals surface area contributed by atoms with Gasteiger partial charge in [0.2, 0.25) is 5.91 Å². The van der Waals surface area contributed by atoms with E-state index in [1.807, 2.05) is 17.4 Å². The largest absolute Gasteiger partial charge is 0.494 e. The van der Waals surface area contributed by atoms with Gasteiger partial charge >= 0.3 is 0 Å². The Morgan fingerprint density at radius 1 is 1.16 bits per heavy atom. The molecule has 37 heavy (non-hydrogen) atoms. The molecule has 1 aliphatic heterocycles. The molecular formula is C26H29N7O4. The second-order valence-electron chi connectivity index (χ2n) is 9.00. The van der Waals surface area contributed by atoms with Crippen molar-refractivity contribution in [2.75, 3.05) is 42.7 Å². The molecule has 0 spiro atoms. The Balaban J connectivity index is 1.53. The number of rotatable bonds is 8. The second kappa shape index (κ2) is 10.4. The molecule has 1 saturated heterocycles. The predicted octanol–water partition coefficient (Wildman–Crippen LogP) is 2.57. The van der Waals surface area contributed by atoms with Crippen molar-refractivity contribution in [3.8, 4) is 16.9 Å². The van der Waals surface area contributed by atoms with Gasteiger partial charge in [-0.3, -0.25) is 14.6 Å². The van der Waals surface area contributed by atoms with Gasteiger partial charge in [-0.15, -0.1) is 10.2 Å². The molecule has 0 radical (unpaired) electrons. The zero-order chi connectivity index (χ0) is 28.4. The van der Waals surface area contributed by atoms with Crippen LogP contribution in [0.4, 0.5) is 22.9 Å². The van der Waals surface area contributed by atoms with Crippen LogP contribution < -0.4 is 25.6 Å². The summed E-state index contributed by atoms with van der Waals surface area (Å²) in [6.45, 7) is -1.58. The molecule has 3 aromatic rings. The van der Waals surface area contributed by atoms with Gasteiger partial charge < -0.3 is 30.7 Å². The Morgan fingerprint density at radius 3 is 2.76 bits per heavy atom. The number of hydrogen-bond donors (Lipinski definition) is 4. The van der Waals surface area contributed by atoms with Gasteiger partial charge in [-0.25, -0.2) is 0 Å². The Bertz CT molecular complexity index is 1430. The van der Waals surface area contributed by atoms with Gasteiger partial charge in [0.1, 0.15) is 5.75 Å². The predicted molar refractivity (Wildman–Crippen MR) is 139 cm³/mol. The third kappa shape index (κ3) is 5.17. The SMILES string of the molecule is [2H]C([2H])([2H])NC(=O)c1nnc(NC(=O)C2CC2)cc1Nc1cccc(-c2ccncc2N2CCC(O)C2)c1OC. The van der Waals surface area contributed by atoms with E-state index in [4.69, 9.17) is 8.85 Å². The van der Waals surface area contributed by atoms with Crippen LogP contribution in [0, 0.1) is 5.92 Å². The lowest BCUT2D eigenvalue weighted by molar-refractivity contribution is -0.117. The number of methoxy groups -OCH3 is 1. The fourth-order valence-corrected chi connectivity index (χ4v) is 4.39. The van der Waals surface area contributed by atoms with Crippen molar-refractivity contribution < 1.29 is 23.5 Å². The van der Waals surface area contributed by atoms with E-state index < -0.39 is 19.0 Å². The number of aromatic nitrogens is 3. The number of β-amino-alcohol motifs (C(OH)–C–C–N with tert-alkyl or cyclic N) is 1. The molecule has 2 fully saturated rings. The lowest BCUT2D eigenvalue weighted by atomic mass is 10.0. The molecule has 1 unspecified atom stereocenters. The zero-order valence-corrected chi connectivity index (χ0v) is 20.2. The van der Waals surface area contributed by atoms with Gasteiger partial charge in [0, 0.05) is 53.5 Å². The van der Waals surface area contributed by atoms with Gasteiger partial charge in [0.15, 0.2) is 11.5 Å². The number of pyridine rings is 1. The van der Waals surface area contributed by atoms with Gasteiger partial charge in [0.25, 0.3) is 5.91 Å². The van der Waals surface area contributed by atoms with Crippen LogP contribution in [-0.2, 0) is 4.79 Å². The highest BCUT2D eigenvalue weighted by molar-refractivity contribution is 6.00. The molecule has 192 valence electrons. The smallest absolute Gasteiger partial charge is 0.273 e. The molecule has 0 bridgehead atoms. The van der Waals surface area contributed by atoms with Crippen molar-refractivity contribution >= 4 is 34.7 Å². The maximum Gasteiger partial charge on any atom is 0.273 e. The first kappa shape index (κ1) is 20.9. The summed E-state index contributed by atoms with van der Waals surface area (Å²) in [6.07, 6.45) is 5.23. The zero-order valence-electron chi connectivity index (χ0n) is 23.2. The van der Waals surface area contributed by atoms with Crippen LogP contribution in [0.1, 0.15) is 33.9 Å². The van der Waals surface area contributed by atoms with E-state index in [0.717, 1.165) is 29.7 Å². The molecule has 2 aliphatic rings. The van der Waals surface area contributed by atoms with Crippen molar-refractivity contribution in [2.45, 2.75) is 25.4 Å². The molecule has 11 heteroatoms. The minimum absolute atomic E-state index is 0.0835. The van der Waals surface area contributed by atoms with E-state index in [1.165, 1.54) is 13.2 Å². The molecule has 3 heterocycles. The number of carbonyl (C=O) groups is 2. The number of aliphatic hydroxyl groups is 1. The van der Waals surface area contributed by atoms with Crippen LogP contribution in [0.25, 0.3) is 11.1 Å². The van der Waals surface area contributed by atoms with Crippen LogP contribution in [0.5, 0.6) is 5.75 Å². The summed E-state index contributed by atoms with van der Waals surface area (Å²) in [5, 5.41) is 25.7. The van der Waals surface area contributed by atoms with Crippen LogP contribution >= 0.6 is 0 Å². The molecule has 1 saturated carbocycles. The number of nitrogens with zero attached hydrogens (tertiary/aromatic N) is 4. The van der Waals surface area contributed by atoms with E-state index in [1.54, 1.807) is 24.5 Å². The van der Waals surface area contributed by atoms with E-state index in [-0.39, 0.29) is 29.0 Å². The average Bonchev–Trinajstić information content (AvgIpc) is 3.68. The topological polar surface area (TPSA) is 142 Å². The summed E-state index contributed by atoms with van der Waals surface area (Å²) in [4.78, 5) is 31.5. The number of benzene rings is 1. The van der Waals surface area contributed by atoms with Crippen LogP contribution in [-0.4, -0.2) is 65.4 Å². The summed E-state index contributed by atoms with van der Waals surface area (Å²) in [5.41, 5.74) is 2.70. The Labute approximate surface area is 218 Å². The second-order valence-corrected chi connectivity index (χ2v) is 9.00. The number of aliphatic hydroxyl groups excluding tert-OH is 1. The quantitative estimate of drug-likeness (QED) is 0.363. The van der Waals surface area contributed by atoms with Crippen molar-refractivity contribution in [1.82, 2.24) is 20.5 Å². The molecule has 1 atom stereocenters. The maximum absolute atomic E-state index is 12.8. The van der Waals surface area contributed by atoms with E-state index in [9.17, 15) is 14.7 Å². The van der Waals surface area contributed by atoms with Crippen LogP contribution in [0.15, 0.2) is 42.7 Å². The highest BCUT2D eigenvalue weighted by Crippen LogP contribution is 2.42. The molecule has 11 nitrogen and oxygen atoms in total. The Morgan fingerprint density at radius 2 is 2.03 bits per heavy atom. The Kier molecular flexibility index (Phi) is 5.87. The van der Waals surface area contributed by atoms with Gasteiger partial charge in [-0.1, -0.05) is 12.1 Å². The number of para-hydroxylation sites is 1. The van der Waals surface area contributed by atoms with Crippen molar-refractivity contribution in [2.24, 2.45) is 5.92 Å². The molecule has 1 aromatic carbocycles. The molecular weight excluding hydrogens is 474 g/mol. The number of carbonyl (C=O) groups excluding carboxylic acids is 2. The molecule has 5 rings (SSSR count). The minimum Gasteiger partial charge on any atom is -0.494 e. The number of nitrogens with one attached hydrogen (secondary N) is 3. The standard InChI is InChI=1S/C26H29N7O4/c1-27-26(36)23-20(12-22(31-32-23)30-25(35)15-6-7-15)29-19-5-3-4-18(24(19)37-2)17-8-10-28-13-21(17)33-11-9-16(34)14-33/h3-5,8,10,12-13,15-16,34H,6-7,9,11,14H2,1-2H3,(H,27,36)(H2,29,30,31,35)/i1D3. The molecule has 4 N–H and O–H groups in total. The van der Waals surface area contributed by atoms with E-state index in [2.05, 4.69) is 30.7 Å². The number of anilines is 4. The fourth-order valence-electron chi connectivity index (χ4n) is 4.39. The van der Waals surface area contributed by atoms with Crippen molar-refractivity contribution in [3.63, 3.8) is 0 Å².